The van der Waals surface area contributed by atoms with Crippen molar-refractivity contribution < 1.29 is 28.6 Å². The van der Waals surface area contributed by atoms with E-state index in [2.05, 4.69) is 112 Å². The fourth-order valence-electron chi connectivity index (χ4n) is 9.91. The largest absolute Gasteiger partial charge is 0.462 e. The molecule has 6 nitrogen and oxygen atoms in total. The average molecular weight is 1130 g/mol. The van der Waals surface area contributed by atoms with Gasteiger partial charge in [0.15, 0.2) is 6.10 Å². The molecule has 1 unspecified atom stereocenters. The summed E-state index contributed by atoms with van der Waals surface area (Å²) in [7, 11) is 0. The van der Waals surface area contributed by atoms with Crippen LogP contribution in [-0.4, -0.2) is 37.2 Å². The van der Waals surface area contributed by atoms with Crippen LogP contribution in [0.25, 0.3) is 0 Å². The van der Waals surface area contributed by atoms with Gasteiger partial charge in [0.1, 0.15) is 13.2 Å². The van der Waals surface area contributed by atoms with E-state index >= 15 is 0 Å². The summed E-state index contributed by atoms with van der Waals surface area (Å²) in [4.78, 5) is 38.4. The summed E-state index contributed by atoms with van der Waals surface area (Å²) in [5.74, 6) is -0.974. The van der Waals surface area contributed by atoms with E-state index in [0.29, 0.717) is 19.3 Å². The summed E-state index contributed by atoms with van der Waals surface area (Å²) < 4.78 is 16.9. The Kier molecular flexibility index (Phi) is 65.7. The molecular weight excluding hydrogens is 997 g/mol. The quantitative estimate of drug-likeness (QED) is 0.0261. The van der Waals surface area contributed by atoms with E-state index < -0.39 is 6.10 Å². The molecule has 6 heteroatoms. The maximum absolute atomic E-state index is 12.9. The van der Waals surface area contributed by atoms with Gasteiger partial charge in [0.25, 0.3) is 0 Å². The number of carbonyl (C=O) groups excluding carboxylic acids is 3. The van der Waals surface area contributed by atoms with Crippen LogP contribution in [0.15, 0.2) is 97.2 Å². The van der Waals surface area contributed by atoms with Crippen molar-refractivity contribution in [2.75, 3.05) is 13.2 Å². The SMILES string of the molecule is CC/C=C\C/C=C\C/C=C\C/C=C\C/C=C\C/C=C\CCC(=O)OC(COC(=O)CCCCCCCCCCCCCCC/C=C\C/C=C\CCCCCCC)COC(=O)CCCCCCCCCCCCCCCCCCCCC. The van der Waals surface area contributed by atoms with Crippen LogP contribution in [0.5, 0.6) is 0 Å². The first-order chi connectivity index (χ1) is 40.0. The molecule has 0 heterocycles. The minimum atomic E-state index is -0.819. The molecule has 0 aliphatic heterocycles. The highest BCUT2D eigenvalue weighted by Gasteiger charge is 2.19. The molecule has 0 bridgehead atoms. The summed E-state index contributed by atoms with van der Waals surface area (Å²) in [6.45, 7) is 6.50. The average Bonchev–Trinajstić information content (AvgIpc) is 3.47. The highest BCUT2D eigenvalue weighted by molar-refractivity contribution is 5.71. The zero-order valence-electron chi connectivity index (χ0n) is 53.5. The lowest BCUT2D eigenvalue weighted by Crippen LogP contribution is -2.30. The second kappa shape index (κ2) is 68.8. The van der Waals surface area contributed by atoms with E-state index in [4.69, 9.17) is 14.2 Å². The molecule has 0 saturated heterocycles. The standard InChI is InChI=1S/C75H130O6/c1-4-7-10-13-16-19-22-25-28-31-34-35-36-37-38-39-42-44-47-50-53-56-59-62-65-68-74(77)80-71-72(81-75(78)69-66-63-60-57-54-51-48-45-41-33-30-27-24-21-18-15-12-9-6-3)70-79-73(76)67-64-61-58-55-52-49-46-43-40-32-29-26-23-20-17-14-11-8-5-2/h9,12,18,21-22,25,27,30-31,34,41,45,51,54,60,63,72H,4-8,10-11,13-17,19-20,23-24,26,28-29,32-33,35-40,42-44,46-50,52-53,55-59,61-62,64-71H2,1-3H3/b12-9-,21-18-,25-22-,30-27-,34-31-,45-41-,54-51-,63-60-. The first kappa shape index (κ1) is 77.3. The van der Waals surface area contributed by atoms with Crippen LogP contribution >= 0.6 is 0 Å². The van der Waals surface area contributed by atoms with Crippen LogP contribution in [0.1, 0.15) is 342 Å². The number of rotatable bonds is 63. The zero-order valence-corrected chi connectivity index (χ0v) is 53.5. The second-order valence-corrected chi connectivity index (χ2v) is 23.1. The topological polar surface area (TPSA) is 78.9 Å². The van der Waals surface area contributed by atoms with Gasteiger partial charge in [-0.25, -0.2) is 0 Å². The molecule has 0 fully saturated rings. The molecule has 0 aromatic rings. The number of allylic oxidation sites excluding steroid dienone is 16. The third-order valence-electron chi connectivity index (χ3n) is 15.1. The van der Waals surface area contributed by atoms with Crippen molar-refractivity contribution >= 4 is 17.9 Å². The number of ether oxygens (including phenoxy) is 3. The van der Waals surface area contributed by atoms with E-state index in [1.807, 2.05) is 6.08 Å². The Morgan fingerprint density at radius 3 is 0.802 bits per heavy atom. The van der Waals surface area contributed by atoms with Gasteiger partial charge in [-0.1, -0.05) is 330 Å². The van der Waals surface area contributed by atoms with E-state index in [-0.39, 0.29) is 37.5 Å². The molecule has 466 valence electrons. The minimum absolute atomic E-state index is 0.105. The van der Waals surface area contributed by atoms with Crippen molar-refractivity contribution in [1.29, 1.82) is 0 Å². The Morgan fingerprint density at radius 2 is 0.506 bits per heavy atom. The number of hydrogen-bond acceptors (Lipinski definition) is 6. The van der Waals surface area contributed by atoms with Crippen molar-refractivity contribution in [2.45, 2.75) is 348 Å². The van der Waals surface area contributed by atoms with E-state index in [1.165, 1.54) is 212 Å². The minimum Gasteiger partial charge on any atom is -0.462 e. The van der Waals surface area contributed by atoms with Gasteiger partial charge in [0.05, 0.1) is 0 Å². The van der Waals surface area contributed by atoms with E-state index in [9.17, 15) is 14.4 Å². The molecule has 0 aliphatic rings. The normalized spacial score (nSPS) is 12.7. The van der Waals surface area contributed by atoms with Crippen LogP contribution in [0.2, 0.25) is 0 Å². The predicted molar refractivity (Wildman–Crippen MR) is 353 cm³/mol. The maximum atomic E-state index is 12.9. The monoisotopic (exact) mass is 1130 g/mol. The highest BCUT2D eigenvalue weighted by Crippen LogP contribution is 2.17. The third-order valence-corrected chi connectivity index (χ3v) is 15.1. The lowest BCUT2D eigenvalue weighted by molar-refractivity contribution is -0.166. The fourth-order valence-corrected chi connectivity index (χ4v) is 9.91. The molecule has 0 N–H and O–H groups in total. The predicted octanol–water partition coefficient (Wildman–Crippen LogP) is 24.0. The van der Waals surface area contributed by atoms with Crippen molar-refractivity contribution in [1.82, 2.24) is 0 Å². The van der Waals surface area contributed by atoms with Crippen LogP contribution < -0.4 is 0 Å². The number of hydrogen-bond donors (Lipinski definition) is 0. The molecule has 1 atom stereocenters. The molecule has 0 spiro atoms. The smallest absolute Gasteiger partial charge is 0.306 e. The lowest BCUT2D eigenvalue weighted by atomic mass is 10.0. The van der Waals surface area contributed by atoms with Gasteiger partial charge in [-0.3, -0.25) is 14.4 Å². The zero-order chi connectivity index (χ0) is 58.5. The molecule has 0 aromatic heterocycles. The molecule has 0 amide bonds. The van der Waals surface area contributed by atoms with Gasteiger partial charge in [-0.15, -0.1) is 0 Å². The number of unbranched alkanes of at least 4 members (excludes halogenated alkanes) is 36. The van der Waals surface area contributed by atoms with E-state index in [0.717, 1.165) is 83.5 Å². The number of esters is 3. The fraction of sp³-hybridized carbons (Fsp3) is 0.747. The third kappa shape index (κ3) is 67.0. The molecule has 0 aliphatic carbocycles. The van der Waals surface area contributed by atoms with Crippen LogP contribution in [0.4, 0.5) is 0 Å². The lowest BCUT2D eigenvalue weighted by Gasteiger charge is -2.18. The van der Waals surface area contributed by atoms with Gasteiger partial charge in [0, 0.05) is 19.3 Å². The Bertz CT molecular complexity index is 1580. The summed E-state index contributed by atoms with van der Waals surface area (Å²) in [5.41, 5.74) is 0. The van der Waals surface area contributed by atoms with Crippen molar-refractivity contribution in [3.05, 3.63) is 97.2 Å². The van der Waals surface area contributed by atoms with Gasteiger partial charge >= 0.3 is 17.9 Å². The first-order valence-electron chi connectivity index (χ1n) is 34.7. The summed E-state index contributed by atoms with van der Waals surface area (Å²) in [6, 6.07) is 0. The van der Waals surface area contributed by atoms with Gasteiger partial charge in [-0.2, -0.15) is 0 Å². The summed E-state index contributed by atoms with van der Waals surface area (Å²) in [5, 5.41) is 0. The van der Waals surface area contributed by atoms with Gasteiger partial charge in [0.2, 0.25) is 0 Å². The van der Waals surface area contributed by atoms with Gasteiger partial charge in [-0.05, 0) is 89.9 Å². The summed E-state index contributed by atoms with van der Waals surface area (Å²) >= 11 is 0. The molecule has 0 aromatic carbocycles. The molecule has 0 rings (SSSR count). The first-order valence-corrected chi connectivity index (χ1v) is 34.7. The van der Waals surface area contributed by atoms with Crippen LogP contribution in [0, 0.1) is 0 Å². The Balaban J connectivity index is 4.41. The van der Waals surface area contributed by atoms with Crippen molar-refractivity contribution in [2.24, 2.45) is 0 Å². The second-order valence-electron chi connectivity index (χ2n) is 23.1. The maximum Gasteiger partial charge on any atom is 0.306 e. The molecule has 0 saturated carbocycles. The van der Waals surface area contributed by atoms with Crippen molar-refractivity contribution in [3.8, 4) is 0 Å². The molecule has 81 heavy (non-hydrogen) atoms. The van der Waals surface area contributed by atoms with Crippen LogP contribution in [0.3, 0.4) is 0 Å². The molecular formula is C75H130O6. The van der Waals surface area contributed by atoms with Crippen LogP contribution in [-0.2, 0) is 28.6 Å². The Hall–Kier alpha value is -3.67. The van der Waals surface area contributed by atoms with Gasteiger partial charge < -0.3 is 14.2 Å². The van der Waals surface area contributed by atoms with E-state index in [1.54, 1.807) is 0 Å². The Labute approximate surface area is 502 Å². The Morgan fingerprint density at radius 1 is 0.259 bits per heavy atom. The number of carbonyl (C=O) groups is 3. The highest BCUT2D eigenvalue weighted by atomic mass is 16.6. The van der Waals surface area contributed by atoms with Crippen molar-refractivity contribution in [3.63, 3.8) is 0 Å². The summed E-state index contributed by atoms with van der Waals surface area (Å²) in [6.07, 6.45) is 93.0. The molecule has 0 radical (unpaired) electrons.